The summed E-state index contributed by atoms with van der Waals surface area (Å²) in [6.45, 7) is 4.53. The van der Waals surface area contributed by atoms with E-state index in [2.05, 4.69) is 11.1 Å². The summed E-state index contributed by atoms with van der Waals surface area (Å²) in [4.78, 5) is 17.9. The van der Waals surface area contributed by atoms with E-state index in [1.54, 1.807) is 0 Å². The number of hydrogen-bond donors (Lipinski definition) is 1. The van der Waals surface area contributed by atoms with Crippen molar-refractivity contribution in [1.29, 1.82) is 5.26 Å². The van der Waals surface area contributed by atoms with Crippen LogP contribution in [0, 0.1) is 11.3 Å². The van der Waals surface area contributed by atoms with Gasteiger partial charge < -0.3 is 14.7 Å². The highest BCUT2D eigenvalue weighted by Gasteiger charge is 2.23. The van der Waals surface area contributed by atoms with E-state index in [0.717, 1.165) is 24.4 Å². The Hall–Kier alpha value is -1.56. The fraction of sp³-hybridized carbons (Fsp3) is 0.462. The van der Waals surface area contributed by atoms with Gasteiger partial charge in [0, 0.05) is 13.1 Å². The van der Waals surface area contributed by atoms with E-state index in [-0.39, 0.29) is 10.6 Å². The Balaban J connectivity index is 2.44. The number of rotatable bonds is 3. The molecule has 2 heterocycles. The number of nitrogens with zero attached hydrogens (tertiary/aromatic N) is 3. The first kappa shape index (κ1) is 15.8. The number of thiophene rings is 1. The number of amidine groups is 1. The fourth-order valence-electron chi connectivity index (χ4n) is 2.02. The second-order valence-electron chi connectivity index (χ2n) is 4.32. The third kappa shape index (κ3) is 3.37. The second-order valence-corrected chi connectivity index (χ2v) is 6.42. The maximum Gasteiger partial charge on any atom is 0.348 e. The predicted molar refractivity (Wildman–Crippen MR) is 82.9 cm³/mol. The first-order valence-electron chi connectivity index (χ1n) is 6.30. The van der Waals surface area contributed by atoms with Gasteiger partial charge >= 0.3 is 5.97 Å². The molecule has 1 aliphatic heterocycles. The lowest BCUT2D eigenvalue weighted by molar-refractivity contribution is 0.0677. The molecule has 1 N–H and O–H groups in total. The summed E-state index contributed by atoms with van der Waals surface area (Å²) in [7, 11) is 0. The van der Waals surface area contributed by atoms with Crippen LogP contribution in [-0.4, -0.2) is 54.4 Å². The molecule has 0 amide bonds. The molecule has 2 rings (SSSR count). The average Bonchev–Trinajstić information content (AvgIpc) is 2.85. The van der Waals surface area contributed by atoms with Gasteiger partial charge in [-0.25, -0.2) is 9.79 Å². The first-order valence-corrected chi connectivity index (χ1v) is 8.34. The number of carbonyl (C=O) groups is 1. The zero-order chi connectivity index (χ0) is 15.4. The lowest BCUT2D eigenvalue weighted by Crippen LogP contribution is -2.39. The summed E-state index contributed by atoms with van der Waals surface area (Å²) in [6, 6.07) is 2.07. The Kier molecular flexibility index (Phi) is 5.22. The highest BCUT2D eigenvalue weighted by molar-refractivity contribution is 8.00. The Morgan fingerprint density at radius 1 is 1.52 bits per heavy atom. The minimum Gasteiger partial charge on any atom is -0.477 e. The summed E-state index contributed by atoms with van der Waals surface area (Å²) in [6.07, 6.45) is 1.82. The van der Waals surface area contributed by atoms with Gasteiger partial charge in [-0.3, -0.25) is 0 Å². The molecule has 112 valence electrons. The van der Waals surface area contributed by atoms with Crippen LogP contribution in [0.4, 0.5) is 5.69 Å². The monoisotopic (exact) mass is 325 g/mol. The van der Waals surface area contributed by atoms with Crippen LogP contribution in [0.3, 0.4) is 0 Å². The number of morpholine rings is 1. The van der Waals surface area contributed by atoms with Gasteiger partial charge in [-0.2, -0.15) is 5.26 Å². The first-order chi connectivity index (χ1) is 10.1. The molecule has 1 saturated heterocycles. The molecule has 0 atom stereocenters. The Labute approximate surface area is 131 Å². The number of aliphatic imine (C=N–C) groups is 1. The molecular formula is C13H15N3O3S2. The quantitative estimate of drug-likeness (QED) is 0.522. The minimum atomic E-state index is -1.05. The second kappa shape index (κ2) is 6.93. The van der Waals surface area contributed by atoms with Crippen molar-refractivity contribution in [1.82, 2.24) is 4.90 Å². The Morgan fingerprint density at radius 3 is 2.71 bits per heavy atom. The van der Waals surface area contributed by atoms with E-state index in [1.807, 2.05) is 18.1 Å². The molecular weight excluding hydrogens is 310 g/mol. The van der Waals surface area contributed by atoms with Crippen LogP contribution in [-0.2, 0) is 4.74 Å². The Morgan fingerprint density at radius 2 is 2.19 bits per heavy atom. The zero-order valence-electron chi connectivity index (χ0n) is 11.8. The van der Waals surface area contributed by atoms with Crippen molar-refractivity contribution in [3.05, 3.63) is 10.4 Å². The van der Waals surface area contributed by atoms with Gasteiger partial charge in [0.25, 0.3) is 0 Å². The van der Waals surface area contributed by atoms with Crippen molar-refractivity contribution in [3.8, 4) is 6.07 Å². The lowest BCUT2D eigenvalue weighted by atomic mass is 10.2. The van der Waals surface area contributed by atoms with Gasteiger partial charge in [-0.1, -0.05) is 0 Å². The summed E-state index contributed by atoms with van der Waals surface area (Å²) >= 11 is 2.46. The highest BCUT2D eigenvalue weighted by atomic mass is 32.2. The van der Waals surface area contributed by atoms with Gasteiger partial charge in [-0.15, -0.1) is 23.1 Å². The molecule has 0 aromatic carbocycles. The Bertz CT molecular complexity index is 613. The molecule has 1 fully saturated rings. The minimum absolute atomic E-state index is 0.114. The van der Waals surface area contributed by atoms with Gasteiger partial charge in [0.2, 0.25) is 0 Å². The number of aromatic carboxylic acids is 1. The number of hydrogen-bond acceptors (Lipinski definition) is 6. The molecule has 1 aromatic heterocycles. The van der Waals surface area contributed by atoms with Crippen molar-refractivity contribution in [2.24, 2.45) is 4.99 Å². The number of carboxylic acid groups (broad SMARTS) is 1. The standard InChI is InChI=1S/C13H15N3O3S2/c1-8(16-3-5-19-6-4-16)15-10-9(7-14)13(20-2)21-11(10)12(17)18/h3-6H2,1-2H3,(H,17,18). The molecule has 1 aromatic rings. The number of thioether (sulfide) groups is 1. The van der Waals surface area contributed by atoms with E-state index in [4.69, 9.17) is 4.74 Å². The van der Waals surface area contributed by atoms with Gasteiger partial charge in [0.15, 0.2) is 0 Å². The van der Waals surface area contributed by atoms with Gasteiger partial charge in [-0.05, 0) is 13.2 Å². The van der Waals surface area contributed by atoms with E-state index in [9.17, 15) is 15.2 Å². The third-order valence-corrected chi connectivity index (χ3v) is 5.37. The fourth-order valence-corrected chi connectivity index (χ4v) is 3.71. The summed E-state index contributed by atoms with van der Waals surface area (Å²) < 4.78 is 5.97. The summed E-state index contributed by atoms with van der Waals surface area (Å²) in [5.41, 5.74) is 0.612. The number of ether oxygens (including phenoxy) is 1. The van der Waals surface area contributed by atoms with Gasteiger partial charge in [0.05, 0.1) is 17.4 Å². The van der Waals surface area contributed by atoms with Crippen LogP contribution < -0.4 is 0 Å². The SMILES string of the molecule is CSc1sc(C(=O)O)c(N=C(C)N2CCOCC2)c1C#N. The normalized spacial score (nSPS) is 15.9. The molecule has 6 nitrogen and oxygen atoms in total. The van der Waals surface area contributed by atoms with Crippen LogP contribution >= 0.6 is 23.1 Å². The van der Waals surface area contributed by atoms with E-state index < -0.39 is 5.97 Å². The predicted octanol–water partition coefficient (Wildman–Crippen LogP) is 2.42. The largest absolute Gasteiger partial charge is 0.477 e. The lowest BCUT2D eigenvalue weighted by Gasteiger charge is -2.28. The van der Waals surface area contributed by atoms with Crippen molar-refractivity contribution in [3.63, 3.8) is 0 Å². The molecule has 0 bridgehead atoms. The molecule has 0 saturated carbocycles. The number of nitriles is 1. The molecule has 0 aliphatic carbocycles. The van der Waals surface area contributed by atoms with E-state index >= 15 is 0 Å². The van der Waals surface area contributed by atoms with Crippen LogP contribution in [0.2, 0.25) is 0 Å². The average molecular weight is 325 g/mol. The highest BCUT2D eigenvalue weighted by Crippen LogP contribution is 2.40. The van der Waals surface area contributed by atoms with E-state index in [0.29, 0.717) is 28.8 Å². The zero-order valence-corrected chi connectivity index (χ0v) is 13.4. The summed E-state index contributed by atoms with van der Waals surface area (Å²) in [5, 5.41) is 18.6. The van der Waals surface area contributed by atoms with Gasteiger partial charge in [0.1, 0.15) is 28.0 Å². The van der Waals surface area contributed by atoms with Crippen LogP contribution in [0.25, 0.3) is 0 Å². The maximum absolute atomic E-state index is 11.4. The molecule has 8 heteroatoms. The van der Waals surface area contributed by atoms with Crippen LogP contribution in [0.1, 0.15) is 22.2 Å². The molecule has 21 heavy (non-hydrogen) atoms. The number of carboxylic acids is 1. The van der Waals surface area contributed by atoms with Crippen molar-refractivity contribution < 1.29 is 14.6 Å². The molecule has 1 aliphatic rings. The topological polar surface area (TPSA) is 85.9 Å². The van der Waals surface area contributed by atoms with Crippen LogP contribution in [0.5, 0.6) is 0 Å². The molecule has 0 unspecified atom stereocenters. The molecule has 0 radical (unpaired) electrons. The third-order valence-electron chi connectivity index (χ3n) is 3.08. The maximum atomic E-state index is 11.4. The van der Waals surface area contributed by atoms with Crippen molar-refractivity contribution in [2.45, 2.75) is 11.1 Å². The van der Waals surface area contributed by atoms with Crippen molar-refractivity contribution in [2.75, 3.05) is 32.6 Å². The summed E-state index contributed by atoms with van der Waals surface area (Å²) in [5.74, 6) is -0.340. The van der Waals surface area contributed by atoms with Crippen molar-refractivity contribution >= 4 is 40.6 Å². The van der Waals surface area contributed by atoms with Crippen LogP contribution in [0.15, 0.2) is 9.20 Å². The smallest absolute Gasteiger partial charge is 0.348 e. The molecule has 0 spiro atoms. The van der Waals surface area contributed by atoms with E-state index in [1.165, 1.54) is 11.8 Å².